The number of nitrogens with one attached hydrogen (secondary N) is 2. The molecule has 1 aliphatic heterocycles. The molecule has 2 N–H and O–H groups in total. The Bertz CT molecular complexity index is 716. The van der Waals surface area contributed by atoms with Crippen LogP contribution in [0.2, 0.25) is 0 Å². The van der Waals surface area contributed by atoms with Gasteiger partial charge in [-0.1, -0.05) is 18.2 Å². The van der Waals surface area contributed by atoms with Gasteiger partial charge < -0.3 is 10.3 Å². The molecule has 2 atom stereocenters. The van der Waals surface area contributed by atoms with E-state index >= 15 is 0 Å². The van der Waals surface area contributed by atoms with Crippen LogP contribution in [0.3, 0.4) is 0 Å². The number of amides is 1. The van der Waals surface area contributed by atoms with Crippen molar-refractivity contribution in [3.8, 4) is 0 Å². The van der Waals surface area contributed by atoms with E-state index in [-0.39, 0.29) is 6.04 Å². The van der Waals surface area contributed by atoms with Crippen LogP contribution in [-0.4, -0.2) is 42.0 Å². The highest BCUT2D eigenvalue weighted by Gasteiger charge is 2.33. The second kappa shape index (κ2) is 4.21. The van der Waals surface area contributed by atoms with Crippen LogP contribution < -0.4 is 5.32 Å². The number of nitrogens with zero attached hydrogens (tertiary/aromatic N) is 1. The number of carbonyl (C=O) groups excluding carboxylic acids is 1. The van der Waals surface area contributed by atoms with Gasteiger partial charge in [0.2, 0.25) is 6.41 Å². The highest BCUT2D eigenvalue weighted by Crippen LogP contribution is 2.39. The molecule has 1 aromatic heterocycles. The van der Waals surface area contributed by atoms with Gasteiger partial charge in [-0.05, 0) is 36.2 Å². The Hall–Kier alpha value is -2.07. The van der Waals surface area contributed by atoms with Crippen molar-refractivity contribution >= 4 is 22.9 Å². The molecule has 0 saturated carbocycles. The first-order chi connectivity index (χ1) is 9.78. The number of H-pyrrole nitrogens is 1. The minimum absolute atomic E-state index is 0.0968. The number of fused-ring (bicyclic) bond motifs is 2. The topological polar surface area (TPSA) is 48.1 Å². The molecular weight excluding hydrogens is 250 g/mol. The van der Waals surface area contributed by atoms with Gasteiger partial charge in [0.1, 0.15) is 0 Å². The normalized spacial score (nSPS) is 25.1. The van der Waals surface area contributed by atoms with Crippen molar-refractivity contribution in [1.29, 1.82) is 0 Å². The Balaban J connectivity index is 1.91. The maximum absolute atomic E-state index is 10.7. The Labute approximate surface area is 117 Å². The van der Waals surface area contributed by atoms with Crippen LogP contribution in [0.4, 0.5) is 0 Å². The van der Waals surface area contributed by atoms with Crippen LogP contribution in [0, 0.1) is 0 Å². The monoisotopic (exact) mass is 267 g/mol. The number of likely N-dealkylation sites (N-methyl/N-ethyl adjacent to an activating group) is 1. The smallest absolute Gasteiger partial charge is 0.207 e. The van der Waals surface area contributed by atoms with Crippen molar-refractivity contribution < 1.29 is 4.79 Å². The van der Waals surface area contributed by atoms with Crippen LogP contribution in [0.15, 0.2) is 30.5 Å². The molecule has 0 spiro atoms. The number of hydrogen-bond donors (Lipinski definition) is 2. The Morgan fingerprint density at radius 1 is 1.45 bits per heavy atom. The van der Waals surface area contributed by atoms with Crippen LogP contribution in [0.25, 0.3) is 16.5 Å². The molecule has 102 valence electrons. The van der Waals surface area contributed by atoms with E-state index in [9.17, 15) is 4.79 Å². The molecule has 1 aliphatic carbocycles. The maximum Gasteiger partial charge on any atom is 0.207 e. The molecule has 0 unspecified atom stereocenters. The first-order valence-electron chi connectivity index (χ1n) is 6.99. The summed E-state index contributed by atoms with van der Waals surface area (Å²) in [5, 5.41) is 4.23. The summed E-state index contributed by atoms with van der Waals surface area (Å²) < 4.78 is 0. The molecule has 2 aliphatic rings. The molecule has 4 rings (SSSR count). The fourth-order valence-corrected chi connectivity index (χ4v) is 3.64. The van der Waals surface area contributed by atoms with E-state index in [0.29, 0.717) is 6.04 Å². The largest absolute Gasteiger partial charge is 0.361 e. The summed E-state index contributed by atoms with van der Waals surface area (Å²) in [5.41, 5.74) is 5.24. The molecule has 0 fully saturated rings. The highest BCUT2D eigenvalue weighted by molar-refractivity contribution is 5.98. The van der Waals surface area contributed by atoms with Gasteiger partial charge in [-0.3, -0.25) is 9.69 Å². The molecule has 2 heterocycles. The lowest BCUT2D eigenvalue weighted by Crippen LogP contribution is -2.48. The molecule has 1 amide bonds. The van der Waals surface area contributed by atoms with E-state index in [0.717, 1.165) is 19.4 Å². The Morgan fingerprint density at radius 3 is 3.20 bits per heavy atom. The third-order valence-corrected chi connectivity index (χ3v) is 4.55. The second-order valence-electron chi connectivity index (χ2n) is 5.71. The number of benzene rings is 1. The third kappa shape index (κ3) is 1.55. The fraction of sp³-hybridized carbons (Fsp3) is 0.312. The van der Waals surface area contributed by atoms with Crippen LogP contribution in [0.1, 0.15) is 11.1 Å². The Morgan fingerprint density at radius 2 is 2.35 bits per heavy atom. The second-order valence-corrected chi connectivity index (χ2v) is 5.71. The summed E-state index contributed by atoms with van der Waals surface area (Å²) >= 11 is 0. The fourth-order valence-electron chi connectivity index (χ4n) is 3.64. The van der Waals surface area contributed by atoms with Gasteiger partial charge in [-0.15, -0.1) is 0 Å². The quantitative estimate of drug-likeness (QED) is 0.811. The van der Waals surface area contributed by atoms with E-state index in [2.05, 4.69) is 52.7 Å². The summed E-state index contributed by atoms with van der Waals surface area (Å²) in [6.07, 6.45) is 6.19. The minimum atomic E-state index is 0.0968. The van der Waals surface area contributed by atoms with Crippen molar-refractivity contribution in [1.82, 2.24) is 15.2 Å². The van der Waals surface area contributed by atoms with E-state index < -0.39 is 0 Å². The lowest BCUT2D eigenvalue weighted by Gasteiger charge is -2.39. The molecule has 0 bridgehead atoms. The van der Waals surface area contributed by atoms with E-state index in [1.807, 2.05) is 0 Å². The van der Waals surface area contributed by atoms with Crippen molar-refractivity contribution in [3.63, 3.8) is 0 Å². The zero-order valence-electron chi connectivity index (χ0n) is 11.4. The zero-order chi connectivity index (χ0) is 13.7. The molecule has 4 nitrogen and oxygen atoms in total. The van der Waals surface area contributed by atoms with Gasteiger partial charge >= 0.3 is 0 Å². The molecule has 0 radical (unpaired) electrons. The predicted octanol–water partition coefficient (Wildman–Crippen LogP) is 1.54. The number of aromatic nitrogens is 1. The first kappa shape index (κ1) is 11.7. The number of rotatable bonds is 2. The van der Waals surface area contributed by atoms with Crippen molar-refractivity contribution in [2.24, 2.45) is 0 Å². The maximum atomic E-state index is 10.7. The van der Waals surface area contributed by atoms with E-state index in [4.69, 9.17) is 0 Å². The average Bonchev–Trinajstić information content (AvgIpc) is 2.86. The molecule has 2 aromatic rings. The first-order valence-corrected chi connectivity index (χ1v) is 6.99. The summed E-state index contributed by atoms with van der Waals surface area (Å²) in [5.74, 6) is 0. The van der Waals surface area contributed by atoms with E-state index in [1.54, 1.807) is 0 Å². The van der Waals surface area contributed by atoms with Crippen LogP contribution in [0.5, 0.6) is 0 Å². The predicted molar refractivity (Wildman–Crippen MR) is 79.4 cm³/mol. The van der Waals surface area contributed by atoms with Gasteiger partial charge in [-0.25, -0.2) is 0 Å². The SMILES string of the molecule is CN1C[C@@H](NC=O)C=C2c3cccc4[nH]cc(c34)C[C@H]21. The average molecular weight is 267 g/mol. The zero-order valence-corrected chi connectivity index (χ0v) is 11.4. The van der Waals surface area contributed by atoms with Gasteiger partial charge in [0.15, 0.2) is 0 Å². The van der Waals surface area contributed by atoms with Gasteiger partial charge in [-0.2, -0.15) is 0 Å². The summed E-state index contributed by atoms with van der Waals surface area (Å²) in [6, 6.07) is 6.91. The Kier molecular flexibility index (Phi) is 2.47. The molecular formula is C16H17N3O. The van der Waals surface area contributed by atoms with Crippen molar-refractivity contribution in [3.05, 3.63) is 41.6 Å². The van der Waals surface area contributed by atoms with Crippen molar-refractivity contribution in [2.45, 2.75) is 18.5 Å². The number of hydrogen-bond acceptors (Lipinski definition) is 2. The number of aromatic amines is 1. The van der Waals surface area contributed by atoms with Crippen LogP contribution >= 0.6 is 0 Å². The summed E-state index contributed by atoms with van der Waals surface area (Å²) in [6.45, 7) is 0.864. The molecule has 1 aromatic carbocycles. The van der Waals surface area contributed by atoms with Gasteiger partial charge in [0.05, 0.1) is 6.04 Å². The lowest BCUT2D eigenvalue weighted by atomic mass is 9.81. The molecule has 0 saturated heterocycles. The standard InChI is InChI=1S/C16H17N3O/c1-19-8-11(18-9-20)6-13-12-3-2-4-14-16(12)10(7-17-14)5-15(13)19/h2-4,6-7,9,11,15,17H,5,8H2,1H3,(H,18,20)/t11-,15+/m0/s1. The minimum Gasteiger partial charge on any atom is -0.361 e. The van der Waals surface area contributed by atoms with Gasteiger partial charge in [0, 0.05) is 29.7 Å². The molecule has 4 heteroatoms. The summed E-state index contributed by atoms with van der Waals surface area (Å²) in [4.78, 5) is 16.4. The lowest BCUT2D eigenvalue weighted by molar-refractivity contribution is -0.110. The molecule has 20 heavy (non-hydrogen) atoms. The van der Waals surface area contributed by atoms with Crippen molar-refractivity contribution in [2.75, 3.05) is 13.6 Å². The third-order valence-electron chi connectivity index (χ3n) is 4.55. The van der Waals surface area contributed by atoms with Gasteiger partial charge in [0.25, 0.3) is 0 Å². The van der Waals surface area contributed by atoms with Crippen LogP contribution in [-0.2, 0) is 11.2 Å². The number of carbonyl (C=O) groups is 1. The summed E-state index contributed by atoms with van der Waals surface area (Å²) in [7, 11) is 2.13. The van der Waals surface area contributed by atoms with E-state index in [1.165, 1.54) is 27.6 Å². The highest BCUT2D eigenvalue weighted by atomic mass is 16.1.